The number of hydrogen-bond donors (Lipinski definition) is 1. The summed E-state index contributed by atoms with van der Waals surface area (Å²) in [6.45, 7) is 12.7. The van der Waals surface area contributed by atoms with E-state index in [0.717, 1.165) is 56.2 Å². The van der Waals surface area contributed by atoms with Crippen LogP contribution in [0.15, 0.2) is 91.3 Å². The van der Waals surface area contributed by atoms with Crippen molar-refractivity contribution in [1.82, 2.24) is 15.2 Å². The molecule has 0 saturated carbocycles. The van der Waals surface area contributed by atoms with Crippen molar-refractivity contribution >= 4 is 0 Å². The molecule has 0 amide bonds. The van der Waals surface area contributed by atoms with Crippen molar-refractivity contribution in [2.24, 2.45) is 5.41 Å². The van der Waals surface area contributed by atoms with Crippen LogP contribution in [0.25, 0.3) is 0 Å². The number of nitrogens with zero attached hydrogens (tertiary/aromatic N) is 2. The molecule has 4 nitrogen and oxygen atoms in total. The fourth-order valence-corrected chi connectivity index (χ4v) is 4.36. The number of ether oxygens (including phenoxy) is 1. The molecule has 1 aromatic heterocycles. The second kappa shape index (κ2) is 10.7. The number of rotatable bonds is 9. The number of allylic oxidation sites excluding steroid dienone is 1. The first-order valence-electron chi connectivity index (χ1n) is 11.9. The van der Waals surface area contributed by atoms with Gasteiger partial charge in [-0.05, 0) is 62.7 Å². The third kappa shape index (κ3) is 6.02. The minimum Gasteiger partial charge on any atom is -0.492 e. The predicted octanol–water partition coefficient (Wildman–Crippen LogP) is 5.76. The van der Waals surface area contributed by atoms with Crippen molar-refractivity contribution in [2.75, 3.05) is 26.2 Å². The maximum Gasteiger partial charge on any atom is 0.119 e. The number of aromatic nitrogens is 1. The van der Waals surface area contributed by atoms with Crippen molar-refractivity contribution in [3.63, 3.8) is 0 Å². The Morgan fingerprint density at radius 1 is 1.03 bits per heavy atom. The molecule has 1 aliphatic rings. The van der Waals surface area contributed by atoms with E-state index in [1.807, 2.05) is 48.7 Å². The Bertz CT molecular complexity index is 1010. The van der Waals surface area contributed by atoms with Crippen molar-refractivity contribution in [3.8, 4) is 5.75 Å². The Kier molecular flexibility index (Phi) is 7.46. The van der Waals surface area contributed by atoms with Crippen LogP contribution in [-0.2, 0) is 0 Å². The van der Waals surface area contributed by atoms with Crippen LogP contribution < -0.4 is 10.1 Å². The minimum absolute atomic E-state index is 0.00609. The normalized spacial score (nSPS) is 16.7. The zero-order valence-corrected chi connectivity index (χ0v) is 19.8. The monoisotopic (exact) mass is 441 g/mol. The third-order valence-electron chi connectivity index (χ3n) is 6.82. The van der Waals surface area contributed by atoms with E-state index in [1.54, 1.807) is 0 Å². The molecule has 1 unspecified atom stereocenters. The molecule has 33 heavy (non-hydrogen) atoms. The summed E-state index contributed by atoms with van der Waals surface area (Å²) < 4.78 is 5.89. The second-order valence-electron chi connectivity index (χ2n) is 9.29. The lowest BCUT2D eigenvalue weighted by atomic mass is 9.77. The summed E-state index contributed by atoms with van der Waals surface area (Å²) >= 11 is 0. The summed E-state index contributed by atoms with van der Waals surface area (Å²) in [6, 6.07) is 24.8. The molecule has 4 rings (SSSR count). The summed E-state index contributed by atoms with van der Waals surface area (Å²) in [7, 11) is 0. The molecule has 3 aromatic rings. The number of likely N-dealkylation sites (tertiary alicyclic amines) is 1. The van der Waals surface area contributed by atoms with Crippen LogP contribution in [0.2, 0.25) is 0 Å². The molecule has 2 heterocycles. The fraction of sp³-hybridized carbons (Fsp3) is 0.345. The first-order valence-corrected chi connectivity index (χ1v) is 11.9. The Morgan fingerprint density at radius 2 is 1.73 bits per heavy atom. The van der Waals surface area contributed by atoms with Gasteiger partial charge in [0, 0.05) is 23.9 Å². The number of hydrogen-bond acceptors (Lipinski definition) is 4. The lowest BCUT2D eigenvalue weighted by Crippen LogP contribution is -2.43. The highest BCUT2D eigenvalue weighted by Crippen LogP contribution is 2.38. The molecule has 4 heteroatoms. The molecule has 2 aromatic carbocycles. The van der Waals surface area contributed by atoms with E-state index in [9.17, 15) is 0 Å². The number of benzene rings is 2. The summed E-state index contributed by atoms with van der Waals surface area (Å²) in [5, 5.41) is 3.76. The van der Waals surface area contributed by atoms with E-state index in [0.29, 0.717) is 0 Å². The van der Waals surface area contributed by atoms with E-state index in [4.69, 9.17) is 4.74 Å². The molecule has 172 valence electrons. The van der Waals surface area contributed by atoms with Gasteiger partial charge in [-0.1, -0.05) is 67.6 Å². The van der Waals surface area contributed by atoms with Crippen LogP contribution in [0.5, 0.6) is 5.75 Å². The summed E-state index contributed by atoms with van der Waals surface area (Å²) in [5.74, 6) is 0.939. The van der Waals surface area contributed by atoms with Gasteiger partial charge in [-0.3, -0.25) is 9.88 Å². The quantitative estimate of drug-likeness (QED) is 0.458. The maximum atomic E-state index is 5.89. The topological polar surface area (TPSA) is 37.4 Å². The summed E-state index contributed by atoms with van der Waals surface area (Å²) in [4.78, 5) is 7.14. The number of nitrogens with one attached hydrogen (secondary N) is 1. The molecule has 1 N–H and O–H groups in total. The first-order chi connectivity index (χ1) is 16.0. The second-order valence-corrected chi connectivity index (χ2v) is 9.29. The lowest BCUT2D eigenvalue weighted by Gasteiger charge is -2.42. The fourth-order valence-electron chi connectivity index (χ4n) is 4.36. The zero-order valence-electron chi connectivity index (χ0n) is 19.8. The Hall–Kier alpha value is -3.11. The van der Waals surface area contributed by atoms with Crippen molar-refractivity contribution in [1.29, 1.82) is 0 Å². The van der Waals surface area contributed by atoms with Gasteiger partial charge >= 0.3 is 0 Å². The van der Waals surface area contributed by atoms with E-state index >= 15 is 0 Å². The Balaban J connectivity index is 1.35. The highest BCUT2D eigenvalue weighted by Gasteiger charge is 2.34. The van der Waals surface area contributed by atoms with E-state index in [2.05, 4.69) is 66.0 Å². The van der Waals surface area contributed by atoms with Crippen LogP contribution in [0.1, 0.15) is 42.6 Å². The molecule has 0 spiro atoms. The summed E-state index contributed by atoms with van der Waals surface area (Å²) in [5.41, 5.74) is 4.63. The molecular formula is C29H35N3O. The van der Waals surface area contributed by atoms with Gasteiger partial charge < -0.3 is 10.1 Å². The first kappa shape index (κ1) is 23.1. The van der Waals surface area contributed by atoms with Gasteiger partial charge in [0.1, 0.15) is 12.4 Å². The van der Waals surface area contributed by atoms with Crippen LogP contribution in [0.3, 0.4) is 0 Å². The van der Waals surface area contributed by atoms with Gasteiger partial charge in [-0.25, -0.2) is 0 Å². The van der Waals surface area contributed by atoms with E-state index < -0.39 is 0 Å². The van der Waals surface area contributed by atoms with Crippen LogP contribution in [0.4, 0.5) is 0 Å². The molecule has 1 saturated heterocycles. The molecule has 1 aliphatic heterocycles. The van der Waals surface area contributed by atoms with Gasteiger partial charge in [-0.2, -0.15) is 0 Å². The largest absolute Gasteiger partial charge is 0.492 e. The Labute approximate surface area is 198 Å². The third-order valence-corrected chi connectivity index (χ3v) is 6.82. The minimum atomic E-state index is -0.00609. The molecular weight excluding hydrogens is 406 g/mol. The van der Waals surface area contributed by atoms with E-state index in [1.165, 1.54) is 11.1 Å². The number of piperidine rings is 1. The highest BCUT2D eigenvalue weighted by atomic mass is 16.5. The van der Waals surface area contributed by atoms with Gasteiger partial charge in [-0.15, -0.1) is 0 Å². The smallest absolute Gasteiger partial charge is 0.119 e. The van der Waals surface area contributed by atoms with Crippen molar-refractivity contribution < 1.29 is 4.74 Å². The van der Waals surface area contributed by atoms with Gasteiger partial charge in [0.05, 0.1) is 11.7 Å². The average molecular weight is 442 g/mol. The molecule has 0 aliphatic carbocycles. The average Bonchev–Trinajstić information content (AvgIpc) is 2.85. The van der Waals surface area contributed by atoms with E-state index in [-0.39, 0.29) is 11.5 Å². The molecule has 0 radical (unpaired) electrons. The lowest BCUT2D eigenvalue weighted by molar-refractivity contribution is 0.120. The standard InChI is InChI=1S/C29H35N3O/c1-23-12-14-25(15-13-23)28(27-11-7-8-18-30-27)31-24(2)29(3)16-19-32(20-17-29)21-22-33-26-9-5-4-6-10-26/h4-15,18,28,31H,2,16-17,19-22H2,1,3H3. The maximum absolute atomic E-state index is 5.89. The molecule has 1 atom stereocenters. The summed E-state index contributed by atoms with van der Waals surface area (Å²) in [6.07, 6.45) is 4.01. The molecule has 1 fully saturated rings. The van der Waals surface area contributed by atoms with Gasteiger partial charge in [0.25, 0.3) is 0 Å². The number of pyridine rings is 1. The van der Waals surface area contributed by atoms with Crippen LogP contribution in [0, 0.1) is 12.3 Å². The van der Waals surface area contributed by atoms with Gasteiger partial charge in [0.2, 0.25) is 0 Å². The molecule has 0 bridgehead atoms. The van der Waals surface area contributed by atoms with Crippen LogP contribution >= 0.6 is 0 Å². The predicted molar refractivity (Wildman–Crippen MR) is 135 cm³/mol. The van der Waals surface area contributed by atoms with Crippen molar-refractivity contribution in [2.45, 2.75) is 32.7 Å². The van der Waals surface area contributed by atoms with Gasteiger partial charge in [0.15, 0.2) is 0 Å². The number of aryl methyl sites for hydroxylation is 1. The highest BCUT2D eigenvalue weighted by molar-refractivity contribution is 5.32. The SMILES string of the molecule is C=C(NC(c1ccc(C)cc1)c1ccccn1)C1(C)CCN(CCOc2ccccc2)CC1. The zero-order chi connectivity index (χ0) is 23.1. The van der Waals surface area contributed by atoms with Crippen LogP contribution in [-0.4, -0.2) is 36.1 Å². The van der Waals surface area contributed by atoms with Crippen molar-refractivity contribution in [3.05, 3.63) is 108 Å². The number of para-hydroxylation sites is 1. The Morgan fingerprint density at radius 3 is 2.39 bits per heavy atom.